The summed E-state index contributed by atoms with van der Waals surface area (Å²) in [5.74, 6) is 3.72. The summed E-state index contributed by atoms with van der Waals surface area (Å²) in [5, 5.41) is 19.0. The molecule has 7 aliphatic heterocycles. The average molecular weight is 1690 g/mol. The molecule has 0 bridgehead atoms. The zero-order valence-electron chi connectivity index (χ0n) is 79.0. The van der Waals surface area contributed by atoms with Crippen LogP contribution in [-0.4, -0.2) is 131 Å². The van der Waals surface area contributed by atoms with E-state index in [9.17, 15) is 24.0 Å². The van der Waals surface area contributed by atoms with Gasteiger partial charge in [-0.25, -0.2) is 0 Å². The van der Waals surface area contributed by atoms with Gasteiger partial charge in [-0.3, -0.25) is 29.0 Å². The van der Waals surface area contributed by atoms with E-state index < -0.39 is 0 Å². The van der Waals surface area contributed by atoms with Crippen LogP contribution in [0.2, 0.25) is 0 Å². The molecule has 1 saturated carbocycles. The second-order valence-electron chi connectivity index (χ2n) is 38.1. The van der Waals surface area contributed by atoms with Gasteiger partial charge in [0.25, 0.3) is 0 Å². The van der Waals surface area contributed by atoms with Gasteiger partial charge in [-0.05, 0) is 264 Å². The predicted molar refractivity (Wildman–Crippen MR) is 515 cm³/mol. The molecule has 2 saturated heterocycles. The SMILES string of the molecule is CCC(=O)N1c2ccccc2C(NC2CC(C(C)C)C2)CC1C.CCC(=O)N1c2ccccc2C(NC2CCN(C(C)C)CC2)CC1C.CCC(=O)N1c2ccccc2C(NCc2ccc(C(C)C)cc2)CC1C.CCC(=O)N1c2ccccc2C(Nc2ccc(C(C)C)nc2)CC1C.CCC(=O)N1c2ccccc2[C@H](NC2CCN(C(C)C)CC2)C[C@@H]1C. The first kappa shape index (κ1) is 96.0. The van der Waals surface area contributed by atoms with Crippen molar-refractivity contribution in [1.82, 2.24) is 36.1 Å². The molecule has 3 fully saturated rings. The zero-order valence-corrected chi connectivity index (χ0v) is 79.0. The summed E-state index contributed by atoms with van der Waals surface area (Å²) < 4.78 is 0. The minimum absolute atomic E-state index is 0.169. The van der Waals surface area contributed by atoms with Gasteiger partial charge in [-0.1, -0.05) is 191 Å². The maximum atomic E-state index is 12.4. The van der Waals surface area contributed by atoms with Crippen LogP contribution < -0.4 is 51.1 Å². The summed E-state index contributed by atoms with van der Waals surface area (Å²) in [4.78, 5) is 81.7. The van der Waals surface area contributed by atoms with E-state index in [1.54, 1.807) is 0 Å². The number of piperidine rings is 2. The van der Waals surface area contributed by atoms with Gasteiger partial charge in [-0.2, -0.15) is 0 Å². The van der Waals surface area contributed by atoms with Crippen molar-refractivity contribution in [1.29, 1.82) is 0 Å². The molecule has 8 heterocycles. The summed E-state index contributed by atoms with van der Waals surface area (Å²) in [6, 6.07) is 60.6. The smallest absolute Gasteiger partial charge is 0.226 e. The molecule has 6 aromatic carbocycles. The third-order valence-electron chi connectivity index (χ3n) is 27.7. The Balaban J connectivity index is 0.000000151. The van der Waals surface area contributed by atoms with E-state index in [0.717, 1.165) is 90.3 Å². The van der Waals surface area contributed by atoms with Gasteiger partial charge >= 0.3 is 0 Å². The Morgan fingerprint density at radius 2 is 0.661 bits per heavy atom. The number of rotatable bonds is 21. The number of aromatic nitrogens is 1. The summed E-state index contributed by atoms with van der Waals surface area (Å²) in [7, 11) is 0. The number of nitrogens with one attached hydrogen (secondary N) is 5. The van der Waals surface area contributed by atoms with Crippen molar-refractivity contribution in [3.8, 4) is 0 Å². The molecule has 124 heavy (non-hydrogen) atoms. The van der Waals surface area contributed by atoms with Crippen LogP contribution in [0.3, 0.4) is 0 Å². The number of anilines is 6. The molecule has 10 atom stereocenters. The van der Waals surface area contributed by atoms with E-state index in [4.69, 9.17) is 0 Å². The number of hydrogen-bond donors (Lipinski definition) is 5. The lowest BCUT2D eigenvalue weighted by molar-refractivity contribution is -0.119. The number of carbonyl (C=O) groups excluding carboxylic acids is 5. The van der Waals surface area contributed by atoms with Crippen molar-refractivity contribution in [2.45, 2.75) is 350 Å². The normalized spacial score (nSPS) is 23.8. The molecule has 5 N–H and O–H groups in total. The fourth-order valence-electron chi connectivity index (χ4n) is 20.3. The van der Waals surface area contributed by atoms with Crippen LogP contribution in [0.25, 0.3) is 0 Å². The number of likely N-dealkylation sites (tertiary alicyclic amines) is 2. The predicted octanol–water partition coefficient (Wildman–Crippen LogP) is 21.8. The minimum atomic E-state index is 0.169. The highest BCUT2D eigenvalue weighted by Gasteiger charge is 2.41. The molecule has 0 radical (unpaired) electrons. The van der Waals surface area contributed by atoms with Gasteiger partial charge in [0.2, 0.25) is 29.5 Å². The molecule has 1 aliphatic carbocycles. The average Bonchev–Trinajstić information content (AvgIpc) is 0.649. The Morgan fingerprint density at radius 1 is 0.355 bits per heavy atom. The van der Waals surface area contributed by atoms with Crippen LogP contribution in [0.5, 0.6) is 0 Å². The van der Waals surface area contributed by atoms with Crippen LogP contribution in [0.4, 0.5) is 34.1 Å². The number of benzene rings is 6. The fraction of sp³-hybridized carbons (Fsp3) is 0.566. The van der Waals surface area contributed by atoms with Gasteiger partial charge in [0, 0.05) is 157 Å². The minimum Gasteiger partial charge on any atom is -0.377 e. The molecule has 18 nitrogen and oxygen atoms in total. The van der Waals surface area contributed by atoms with Crippen molar-refractivity contribution in [2.24, 2.45) is 11.8 Å². The van der Waals surface area contributed by atoms with Gasteiger partial charge in [0.05, 0.1) is 17.9 Å². The van der Waals surface area contributed by atoms with Gasteiger partial charge in [-0.15, -0.1) is 0 Å². The highest BCUT2D eigenvalue weighted by molar-refractivity contribution is 5.98. The van der Waals surface area contributed by atoms with Crippen LogP contribution in [-0.2, 0) is 30.5 Å². The molecule has 1 aromatic heterocycles. The second kappa shape index (κ2) is 45.2. The van der Waals surface area contributed by atoms with Gasteiger partial charge < -0.3 is 60.9 Å². The maximum Gasteiger partial charge on any atom is 0.226 e. The standard InChI is InChI=1S/C23H30N2O.2C21H33N3O.C21H27N3O.C20H30N2O/c1-5-23(26)25-17(4)14-21(20-8-6-7-9-22(20)25)24-15-18-10-12-19(13-11-18)16(2)3;2*1-5-21(25)24-16(4)14-19(18-8-6-7-9-20(18)24)22-17-10-12-23(13-11-17)15(2)3;1-5-21(25)24-15(4)12-19(17-8-6-7-9-20(17)24)23-16-10-11-18(14(2)3)22-13-16;1-5-20(23)22-14(4)10-18(17-8-6-7-9-19(17)22)21-16-11-15(12-16)13(2)3/h6-13,16-17,21,24H,5,14-15H2,1-4H3;2*6-9,15-17,19,22H,5,10-14H2,1-4H3;6-11,13-15,19,23H,5,12H2,1-4H3;6-9,13-16,18,21H,5,10-12H2,1-4H3/t;16-,19+;;;/m.0.../s1. The summed E-state index contributed by atoms with van der Waals surface area (Å²) in [6.07, 6.45) is 16.9. The maximum absolute atomic E-state index is 12.4. The Morgan fingerprint density at radius 3 is 0.960 bits per heavy atom. The number of para-hydroxylation sites is 5. The van der Waals surface area contributed by atoms with Crippen LogP contribution in [0.1, 0.15) is 328 Å². The quantitative estimate of drug-likeness (QED) is 0.0459. The number of carbonyl (C=O) groups is 5. The van der Waals surface area contributed by atoms with E-state index >= 15 is 0 Å². The molecule has 0 spiro atoms. The van der Waals surface area contributed by atoms with Crippen molar-refractivity contribution in [2.75, 3.05) is 56.0 Å². The number of amides is 5. The van der Waals surface area contributed by atoms with Crippen LogP contribution >= 0.6 is 0 Å². The fourth-order valence-corrected chi connectivity index (χ4v) is 20.3. The lowest BCUT2D eigenvalue weighted by atomic mass is 9.73. The highest BCUT2D eigenvalue weighted by Crippen LogP contribution is 2.45. The number of nitrogens with zero attached hydrogens (tertiary/aromatic N) is 8. The second-order valence-corrected chi connectivity index (χ2v) is 38.1. The molecule has 7 aromatic rings. The van der Waals surface area contributed by atoms with Crippen molar-refractivity contribution in [3.63, 3.8) is 0 Å². The van der Waals surface area contributed by atoms with E-state index in [1.807, 2.05) is 108 Å². The van der Waals surface area contributed by atoms with Crippen molar-refractivity contribution < 1.29 is 24.0 Å². The third-order valence-corrected chi connectivity index (χ3v) is 27.7. The van der Waals surface area contributed by atoms with Crippen LogP contribution in [0, 0.1) is 11.8 Å². The molecular formula is C106H153N13O5. The first-order valence-electron chi connectivity index (χ1n) is 47.9. The Bertz CT molecular complexity index is 4460. The molecule has 8 aliphatic rings. The highest BCUT2D eigenvalue weighted by atomic mass is 16.2. The molecule has 5 amide bonds. The van der Waals surface area contributed by atoms with Crippen LogP contribution in [0.15, 0.2) is 164 Å². The van der Waals surface area contributed by atoms with Crippen molar-refractivity contribution >= 4 is 63.7 Å². The summed E-state index contributed by atoms with van der Waals surface area (Å²) in [6.45, 7) is 48.6. The Kier molecular flexibility index (Phi) is 35.0. The van der Waals surface area contributed by atoms with E-state index in [1.165, 1.54) is 104 Å². The largest absolute Gasteiger partial charge is 0.377 e. The lowest BCUT2D eigenvalue weighted by Gasteiger charge is -2.45. The molecule has 8 unspecified atom stereocenters. The monoisotopic (exact) mass is 1690 g/mol. The topological polar surface area (TPSA) is 181 Å². The zero-order chi connectivity index (χ0) is 89.2. The van der Waals surface area contributed by atoms with E-state index in [0.29, 0.717) is 92.3 Å². The summed E-state index contributed by atoms with van der Waals surface area (Å²) >= 11 is 0. The Hall–Kier alpha value is -8.62. The molecule has 672 valence electrons. The first-order chi connectivity index (χ1) is 59.5. The van der Waals surface area contributed by atoms with Gasteiger partial charge in [0.15, 0.2) is 0 Å². The lowest BCUT2D eigenvalue weighted by Crippen LogP contribution is -2.50. The van der Waals surface area contributed by atoms with E-state index in [2.05, 4.69) is 260 Å². The van der Waals surface area contributed by atoms with E-state index in [-0.39, 0.29) is 71.8 Å². The van der Waals surface area contributed by atoms with Crippen molar-refractivity contribution in [3.05, 3.63) is 209 Å². The molecular weight excluding hydrogens is 1540 g/mol. The third kappa shape index (κ3) is 23.8. The number of pyridine rings is 1. The molecule has 15 rings (SSSR count). The first-order valence-corrected chi connectivity index (χ1v) is 47.9. The number of hydrogen-bond acceptors (Lipinski definition) is 13. The molecule has 18 heteroatoms. The Labute approximate surface area is 746 Å². The summed E-state index contributed by atoms with van der Waals surface area (Å²) in [5.41, 5.74) is 16.5. The number of fused-ring (bicyclic) bond motifs is 5. The van der Waals surface area contributed by atoms with Gasteiger partial charge in [0.1, 0.15) is 0 Å².